The van der Waals surface area contributed by atoms with Crippen molar-refractivity contribution in [2.45, 2.75) is 18.4 Å². The van der Waals surface area contributed by atoms with E-state index in [1.54, 1.807) is 6.92 Å². The maximum absolute atomic E-state index is 15.3. The van der Waals surface area contributed by atoms with Gasteiger partial charge in [-0.3, -0.25) is 4.79 Å². The van der Waals surface area contributed by atoms with Crippen LogP contribution >= 0.6 is 0 Å². The largest absolute Gasteiger partial charge is 0.477 e. The highest BCUT2D eigenvalue weighted by Crippen LogP contribution is 2.32. The van der Waals surface area contributed by atoms with E-state index in [4.69, 9.17) is 5.11 Å². The Morgan fingerprint density at radius 1 is 1.21 bits per heavy atom. The second-order valence-electron chi connectivity index (χ2n) is 6.21. The molecule has 1 N–H and O–H groups in total. The first kappa shape index (κ1) is 19.7. The van der Waals surface area contributed by atoms with Crippen molar-refractivity contribution in [1.82, 2.24) is 4.57 Å². The zero-order valence-corrected chi connectivity index (χ0v) is 15.7. The van der Waals surface area contributed by atoms with Gasteiger partial charge in [0.25, 0.3) is 0 Å². The number of carboxylic acids is 1. The lowest BCUT2D eigenvalue weighted by Crippen LogP contribution is -2.20. The topological polar surface area (TPSA) is 93.4 Å². The highest BCUT2D eigenvalue weighted by molar-refractivity contribution is 7.90. The van der Waals surface area contributed by atoms with Gasteiger partial charge in [0.05, 0.1) is 21.4 Å². The van der Waals surface area contributed by atoms with Crippen LogP contribution in [0.15, 0.2) is 46.2 Å². The summed E-state index contributed by atoms with van der Waals surface area (Å²) >= 11 is 0. The van der Waals surface area contributed by atoms with E-state index in [1.807, 2.05) is 0 Å². The molecule has 1 aromatic heterocycles. The molecule has 0 atom stereocenters. The van der Waals surface area contributed by atoms with Gasteiger partial charge in [-0.1, -0.05) is 12.1 Å². The first-order valence-electron chi connectivity index (χ1n) is 8.15. The van der Waals surface area contributed by atoms with Gasteiger partial charge in [0.15, 0.2) is 15.7 Å². The molecule has 0 aliphatic rings. The minimum atomic E-state index is -3.60. The number of hydrogen-bond donors (Lipinski definition) is 1. The van der Waals surface area contributed by atoms with E-state index < -0.39 is 49.4 Å². The molecule has 3 rings (SSSR count). The number of pyridine rings is 1. The molecule has 0 bridgehead atoms. The van der Waals surface area contributed by atoms with Crippen LogP contribution in [0.25, 0.3) is 22.0 Å². The summed E-state index contributed by atoms with van der Waals surface area (Å²) < 4.78 is 54.8. The first-order valence-corrected chi connectivity index (χ1v) is 10.0. The number of hydrogen-bond acceptors (Lipinski definition) is 4. The van der Waals surface area contributed by atoms with Gasteiger partial charge < -0.3 is 9.67 Å². The molecular weight excluding hydrogens is 392 g/mol. The lowest BCUT2D eigenvalue weighted by Gasteiger charge is -2.14. The van der Waals surface area contributed by atoms with Gasteiger partial charge in [-0.25, -0.2) is 22.0 Å². The predicted molar refractivity (Wildman–Crippen MR) is 99.3 cm³/mol. The van der Waals surface area contributed by atoms with Crippen molar-refractivity contribution in [2.24, 2.45) is 0 Å². The number of aryl methyl sites for hydroxylation is 1. The van der Waals surface area contributed by atoms with Crippen LogP contribution in [-0.4, -0.2) is 30.3 Å². The summed E-state index contributed by atoms with van der Waals surface area (Å²) in [7, 11) is -3.60. The van der Waals surface area contributed by atoms with Crippen molar-refractivity contribution in [2.75, 3.05) is 6.26 Å². The number of nitrogens with zero attached hydrogens (tertiary/aromatic N) is 1. The highest BCUT2D eigenvalue weighted by Gasteiger charge is 2.23. The molecule has 0 spiro atoms. The first-order chi connectivity index (χ1) is 13.1. The molecule has 0 saturated heterocycles. The van der Waals surface area contributed by atoms with Crippen molar-refractivity contribution in [1.29, 1.82) is 0 Å². The molecule has 0 amide bonds. The number of carbonyl (C=O) groups is 1. The predicted octanol–water partition coefficient (Wildman–Crippen LogP) is 3.07. The standard InChI is InChI=1S/C19H15F2NO5S/c1-3-22-9-13(19(24)25)18(23)12-8-14(20)15(16(21)17(12)22)10-5-4-6-11(7-10)28(2,26)27/h4-9H,3H2,1-2H3,(H,24,25). The molecule has 2 aromatic carbocycles. The second-order valence-corrected chi connectivity index (χ2v) is 8.22. The number of fused-ring (bicyclic) bond motifs is 1. The third-order valence-corrected chi connectivity index (χ3v) is 5.49. The number of aromatic carboxylic acids is 1. The molecule has 146 valence electrons. The smallest absolute Gasteiger partial charge is 0.341 e. The van der Waals surface area contributed by atoms with Gasteiger partial charge in [0.1, 0.15) is 11.4 Å². The monoisotopic (exact) mass is 407 g/mol. The Hall–Kier alpha value is -3.07. The molecule has 0 fully saturated rings. The van der Waals surface area contributed by atoms with Gasteiger partial charge in [-0.05, 0) is 30.7 Å². The third kappa shape index (κ3) is 3.18. The maximum Gasteiger partial charge on any atom is 0.341 e. The summed E-state index contributed by atoms with van der Waals surface area (Å²) in [5.41, 5.74) is -2.36. The summed E-state index contributed by atoms with van der Waals surface area (Å²) in [6, 6.07) is 5.93. The van der Waals surface area contributed by atoms with E-state index in [-0.39, 0.29) is 22.5 Å². The number of halogens is 2. The summed E-state index contributed by atoms with van der Waals surface area (Å²) in [5, 5.41) is 8.76. The molecule has 0 saturated carbocycles. The van der Waals surface area contributed by atoms with Crippen molar-refractivity contribution in [3.8, 4) is 11.1 Å². The third-order valence-electron chi connectivity index (χ3n) is 4.38. The molecule has 1 heterocycles. The molecule has 0 unspecified atom stereocenters. The summed E-state index contributed by atoms with van der Waals surface area (Å²) in [5.74, 6) is -3.67. The molecule has 28 heavy (non-hydrogen) atoms. The SMILES string of the molecule is CCn1cc(C(=O)O)c(=O)c2cc(F)c(-c3cccc(S(C)(=O)=O)c3)c(F)c21. The Morgan fingerprint density at radius 2 is 1.89 bits per heavy atom. The Bertz CT molecular complexity index is 1300. The molecule has 0 aliphatic carbocycles. The molecule has 0 radical (unpaired) electrons. The van der Waals surface area contributed by atoms with E-state index in [0.717, 1.165) is 24.6 Å². The van der Waals surface area contributed by atoms with Crippen LogP contribution in [0.4, 0.5) is 8.78 Å². The van der Waals surface area contributed by atoms with Crippen LogP contribution in [0.5, 0.6) is 0 Å². The highest BCUT2D eigenvalue weighted by atomic mass is 32.2. The summed E-state index contributed by atoms with van der Waals surface area (Å²) in [4.78, 5) is 23.5. The van der Waals surface area contributed by atoms with Crippen LogP contribution in [0.3, 0.4) is 0 Å². The van der Waals surface area contributed by atoms with E-state index in [1.165, 1.54) is 22.8 Å². The Morgan fingerprint density at radius 3 is 2.46 bits per heavy atom. The lowest BCUT2D eigenvalue weighted by atomic mass is 10.0. The van der Waals surface area contributed by atoms with Crippen LogP contribution < -0.4 is 5.43 Å². The molecule has 3 aromatic rings. The fourth-order valence-corrected chi connectivity index (χ4v) is 3.70. The zero-order chi connectivity index (χ0) is 20.8. The fraction of sp³-hybridized carbons (Fsp3) is 0.158. The maximum atomic E-state index is 15.3. The van der Waals surface area contributed by atoms with Crippen LogP contribution in [-0.2, 0) is 16.4 Å². The summed E-state index contributed by atoms with van der Waals surface area (Å²) in [6.07, 6.45) is 1.98. The Balaban J connectivity index is 2.44. The van der Waals surface area contributed by atoms with Crippen molar-refractivity contribution >= 4 is 26.7 Å². The molecule has 0 aliphatic heterocycles. The molecule has 6 nitrogen and oxygen atoms in total. The lowest BCUT2D eigenvalue weighted by molar-refractivity contribution is 0.0694. The van der Waals surface area contributed by atoms with Crippen molar-refractivity contribution in [3.05, 3.63) is 63.9 Å². The van der Waals surface area contributed by atoms with Crippen LogP contribution in [0, 0.1) is 11.6 Å². The van der Waals surface area contributed by atoms with Crippen molar-refractivity contribution in [3.63, 3.8) is 0 Å². The average Bonchev–Trinajstić information content (AvgIpc) is 2.62. The zero-order valence-electron chi connectivity index (χ0n) is 14.9. The number of aromatic nitrogens is 1. The van der Waals surface area contributed by atoms with E-state index in [9.17, 15) is 22.4 Å². The van der Waals surface area contributed by atoms with Gasteiger partial charge >= 0.3 is 5.97 Å². The minimum Gasteiger partial charge on any atom is -0.477 e. The Kier molecular flexibility index (Phi) is 4.80. The van der Waals surface area contributed by atoms with E-state index in [0.29, 0.717) is 0 Å². The van der Waals surface area contributed by atoms with Crippen LogP contribution in [0.1, 0.15) is 17.3 Å². The number of carboxylic acid groups (broad SMARTS) is 1. The number of sulfone groups is 1. The van der Waals surface area contributed by atoms with E-state index >= 15 is 4.39 Å². The van der Waals surface area contributed by atoms with Gasteiger partial charge in [0.2, 0.25) is 5.43 Å². The van der Waals surface area contributed by atoms with Gasteiger partial charge in [0, 0.05) is 19.0 Å². The fourth-order valence-electron chi connectivity index (χ4n) is 3.04. The molecular formula is C19H15F2NO5S. The average molecular weight is 407 g/mol. The van der Waals surface area contributed by atoms with Crippen LogP contribution in [0.2, 0.25) is 0 Å². The van der Waals surface area contributed by atoms with E-state index in [2.05, 4.69) is 0 Å². The number of rotatable bonds is 4. The summed E-state index contributed by atoms with van der Waals surface area (Å²) in [6.45, 7) is 1.74. The molecule has 9 heteroatoms. The second kappa shape index (κ2) is 6.83. The van der Waals surface area contributed by atoms with Gasteiger partial charge in [-0.2, -0.15) is 0 Å². The van der Waals surface area contributed by atoms with Crippen molar-refractivity contribution < 1.29 is 27.1 Å². The number of benzene rings is 2. The Labute approximate surface area is 158 Å². The van der Waals surface area contributed by atoms with Gasteiger partial charge in [-0.15, -0.1) is 0 Å². The quantitative estimate of drug-likeness (QED) is 0.718. The normalized spacial score (nSPS) is 11.7. The minimum absolute atomic E-state index is 0.0164.